The van der Waals surface area contributed by atoms with Gasteiger partial charge in [-0.05, 0) is 13.3 Å². The van der Waals surface area contributed by atoms with Crippen LogP contribution >= 0.6 is 12.2 Å². The molecule has 0 aliphatic heterocycles. The molecule has 0 aromatic carbocycles. The topological polar surface area (TPSA) is 72.4 Å². The summed E-state index contributed by atoms with van der Waals surface area (Å²) in [6.07, 6.45) is 0.838. The van der Waals surface area contributed by atoms with E-state index in [4.69, 9.17) is 22.5 Å². The molecule has 0 saturated heterocycles. The van der Waals surface area contributed by atoms with Gasteiger partial charge >= 0.3 is 0 Å². The Kier molecular flexibility index (Phi) is 4.42. The number of carbonyl (C=O) groups excluding carboxylic acids is 1. The molecule has 1 aromatic heterocycles. The first-order valence-electron chi connectivity index (χ1n) is 5.05. The summed E-state index contributed by atoms with van der Waals surface area (Å²) < 4.78 is 4.86. The van der Waals surface area contributed by atoms with Crippen LogP contribution < -0.4 is 5.73 Å². The van der Waals surface area contributed by atoms with Gasteiger partial charge in [0, 0.05) is 12.6 Å². The zero-order chi connectivity index (χ0) is 12.1. The number of aromatic nitrogens is 1. The molecule has 0 unspecified atom stereocenters. The number of nitrogens with two attached hydrogens (primary N) is 1. The SMILES string of the molecule is CCCN(CC(N)=S)C(=O)c1cc(C)on1. The normalized spacial score (nSPS) is 10.1. The molecule has 16 heavy (non-hydrogen) atoms. The van der Waals surface area contributed by atoms with E-state index in [1.807, 2.05) is 6.92 Å². The van der Waals surface area contributed by atoms with Crippen molar-refractivity contribution >= 4 is 23.1 Å². The molecule has 0 saturated carbocycles. The van der Waals surface area contributed by atoms with E-state index in [0.29, 0.717) is 23.0 Å². The number of amides is 1. The molecule has 1 amide bonds. The van der Waals surface area contributed by atoms with E-state index in [2.05, 4.69) is 5.16 Å². The summed E-state index contributed by atoms with van der Waals surface area (Å²) in [5.41, 5.74) is 5.73. The molecular formula is C10H15N3O2S. The lowest BCUT2D eigenvalue weighted by Crippen LogP contribution is -2.38. The Morgan fingerprint density at radius 3 is 2.81 bits per heavy atom. The van der Waals surface area contributed by atoms with Crippen LogP contribution in [0.2, 0.25) is 0 Å². The molecule has 0 aliphatic rings. The summed E-state index contributed by atoms with van der Waals surface area (Å²) in [6, 6.07) is 1.60. The van der Waals surface area contributed by atoms with Crippen LogP contribution in [0.5, 0.6) is 0 Å². The molecule has 2 N–H and O–H groups in total. The molecule has 0 radical (unpaired) electrons. The molecule has 1 heterocycles. The fraction of sp³-hybridized carbons (Fsp3) is 0.500. The molecular weight excluding hydrogens is 226 g/mol. The molecule has 0 fully saturated rings. The van der Waals surface area contributed by atoms with Crippen LogP contribution in [0.3, 0.4) is 0 Å². The van der Waals surface area contributed by atoms with E-state index in [-0.39, 0.29) is 12.5 Å². The Morgan fingerprint density at radius 1 is 1.69 bits per heavy atom. The summed E-state index contributed by atoms with van der Waals surface area (Å²) >= 11 is 4.80. The lowest BCUT2D eigenvalue weighted by Gasteiger charge is -2.19. The minimum Gasteiger partial charge on any atom is -0.392 e. The summed E-state index contributed by atoms with van der Waals surface area (Å²) in [6.45, 7) is 4.59. The second-order valence-electron chi connectivity index (χ2n) is 3.52. The van der Waals surface area contributed by atoms with Crippen molar-refractivity contribution in [2.75, 3.05) is 13.1 Å². The number of hydrogen-bond donors (Lipinski definition) is 1. The molecule has 88 valence electrons. The number of hydrogen-bond acceptors (Lipinski definition) is 4. The Bertz CT molecular complexity index is 389. The van der Waals surface area contributed by atoms with E-state index in [0.717, 1.165) is 6.42 Å². The van der Waals surface area contributed by atoms with Gasteiger partial charge in [0.15, 0.2) is 5.69 Å². The lowest BCUT2D eigenvalue weighted by atomic mass is 10.3. The largest absolute Gasteiger partial charge is 0.392 e. The van der Waals surface area contributed by atoms with Gasteiger partial charge in [-0.3, -0.25) is 4.79 Å². The third-order valence-electron chi connectivity index (χ3n) is 1.97. The Morgan fingerprint density at radius 2 is 2.38 bits per heavy atom. The molecule has 5 nitrogen and oxygen atoms in total. The van der Waals surface area contributed by atoms with Gasteiger partial charge in [0.2, 0.25) is 0 Å². The third kappa shape index (κ3) is 3.30. The van der Waals surface area contributed by atoms with Crippen LogP contribution in [0.25, 0.3) is 0 Å². The Labute approximate surface area is 99.6 Å². The second kappa shape index (κ2) is 5.60. The van der Waals surface area contributed by atoms with Gasteiger partial charge in [-0.1, -0.05) is 24.3 Å². The maximum atomic E-state index is 12.0. The van der Waals surface area contributed by atoms with Crippen LogP contribution in [0, 0.1) is 6.92 Å². The van der Waals surface area contributed by atoms with Gasteiger partial charge in [0.25, 0.3) is 5.91 Å². The summed E-state index contributed by atoms with van der Waals surface area (Å²) in [5, 5.41) is 3.68. The van der Waals surface area contributed by atoms with Crippen molar-refractivity contribution in [3.05, 3.63) is 17.5 Å². The van der Waals surface area contributed by atoms with Crippen LogP contribution in [0.15, 0.2) is 10.6 Å². The molecule has 1 rings (SSSR count). The second-order valence-corrected chi connectivity index (χ2v) is 4.04. The van der Waals surface area contributed by atoms with Crippen molar-refractivity contribution < 1.29 is 9.32 Å². The highest BCUT2D eigenvalue weighted by atomic mass is 32.1. The van der Waals surface area contributed by atoms with Crippen LogP contribution in [0.4, 0.5) is 0 Å². The number of thiocarbonyl (C=S) groups is 1. The summed E-state index contributed by atoms with van der Waals surface area (Å²) in [5.74, 6) is 0.404. The van der Waals surface area contributed by atoms with E-state index in [9.17, 15) is 4.79 Å². The Hall–Kier alpha value is -1.43. The fourth-order valence-electron chi connectivity index (χ4n) is 1.34. The predicted octanol–water partition coefficient (Wildman–Crippen LogP) is 1.12. The van der Waals surface area contributed by atoms with Crippen LogP contribution in [-0.4, -0.2) is 34.0 Å². The van der Waals surface area contributed by atoms with Crippen molar-refractivity contribution in [3.8, 4) is 0 Å². The van der Waals surface area contributed by atoms with E-state index < -0.39 is 0 Å². The molecule has 0 bridgehead atoms. The van der Waals surface area contributed by atoms with Crippen LogP contribution in [-0.2, 0) is 0 Å². The van der Waals surface area contributed by atoms with E-state index in [1.54, 1.807) is 17.9 Å². The van der Waals surface area contributed by atoms with Gasteiger partial charge in [-0.25, -0.2) is 0 Å². The maximum Gasteiger partial charge on any atom is 0.276 e. The number of carbonyl (C=O) groups is 1. The van der Waals surface area contributed by atoms with Crippen molar-refractivity contribution in [1.29, 1.82) is 0 Å². The number of nitrogens with zero attached hydrogens (tertiary/aromatic N) is 2. The van der Waals surface area contributed by atoms with Crippen molar-refractivity contribution in [2.45, 2.75) is 20.3 Å². The van der Waals surface area contributed by atoms with Crippen molar-refractivity contribution in [3.63, 3.8) is 0 Å². The average molecular weight is 241 g/mol. The predicted molar refractivity (Wildman–Crippen MR) is 64.2 cm³/mol. The van der Waals surface area contributed by atoms with Gasteiger partial charge in [-0.15, -0.1) is 0 Å². The van der Waals surface area contributed by atoms with Crippen molar-refractivity contribution in [1.82, 2.24) is 10.1 Å². The summed E-state index contributed by atoms with van der Waals surface area (Å²) in [4.78, 5) is 13.8. The van der Waals surface area contributed by atoms with Gasteiger partial charge in [-0.2, -0.15) is 0 Å². The fourth-order valence-corrected chi connectivity index (χ4v) is 1.50. The van der Waals surface area contributed by atoms with E-state index >= 15 is 0 Å². The highest BCUT2D eigenvalue weighted by molar-refractivity contribution is 7.80. The molecule has 6 heteroatoms. The Balaban J connectivity index is 2.78. The van der Waals surface area contributed by atoms with Gasteiger partial charge in [0.1, 0.15) is 5.76 Å². The quantitative estimate of drug-likeness (QED) is 0.782. The first-order valence-corrected chi connectivity index (χ1v) is 5.46. The smallest absolute Gasteiger partial charge is 0.276 e. The van der Waals surface area contributed by atoms with E-state index in [1.165, 1.54) is 0 Å². The highest BCUT2D eigenvalue weighted by Gasteiger charge is 2.18. The minimum atomic E-state index is -0.202. The standard InChI is InChI=1S/C10H15N3O2S/c1-3-4-13(6-9(11)16)10(14)8-5-7(2)15-12-8/h5H,3-4,6H2,1-2H3,(H2,11,16). The molecule has 0 atom stereocenters. The monoisotopic (exact) mass is 241 g/mol. The zero-order valence-corrected chi connectivity index (χ0v) is 10.2. The molecule has 0 aliphatic carbocycles. The highest BCUT2D eigenvalue weighted by Crippen LogP contribution is 2.06. The first-order chi connectivity index (χ1) is 7.54. The van der Waals surface area contributed by atoms with Crippen molar-refractivity contribution in [2.24, 2.45) is 5.73 Å². The van der Waals surface area contributed by atoms with Gasteiger partial charge < -0.3 is 15.2 Å². The zero-order valence-electron chi connectivity index (χ0n) is 9.40. The number of rotatable bonds is 5. The molecule has 0 spiro atoms. The first kappa shape index (κ1) is 12.6. The van der Waals surface area contributed by atoms with Gasteiger partial charge in [0.05, 0.1) is 11.5 Å². The van der Waals surface area contributed by atoms with Crippen LogP contribution in [0.1, 0.15) is 29.6 Å². The maximum absolute atomic E-state index is 12.0. The third-order valence-corrected chi connectivity index (χ3v) is 2.10. The minimum absolute atomic E-state index is 0.202. The summed E-state index contributed by atoms with van der Waals surface area (Å²) in [7, 11) is 0. The lowest BCUT2D eigenvalue weighted by molar-refractivity contribution is 0.0769. The number of aryl methyl sites for hydroxylation is 1. The molecule has 1 aromatic rings. The average Bonchev–Trinajstić information content (AvgIpc) is 2.62.